The van der Waals surface area contributed by atoms with Crippen LogP contribution in [0.2, 0.25) is 0 Å². The van der Waals surface area contributed by atoms with Crippen molar-refractivity contribution < 1.29 is 19.1 Å². The van der Waals surface area contributed by atoms with Crippen LogP contribution in [-0.4, -0.2) is 43.0 Å². The zero-order chi connectivity index (χ0) is 18.0. The molecule has 0 saturated carbocycles. The lowest BCUT2D eigenvalue weighted by Gasteiger charge is -2.26. The van der Waals surface area contributed by atoms with E-state index in [-0.39, 0.29) is 29.7 Å². The molecule has 25 heavy (non-hydrogen) atoms. The average Bonchev–Trinajstić information content (AvgIpc) is 2.99. The second-order valence-corrected chi connectivity index (χ2v) is 6.97. The zero-order valence-corrected chi connectivity index (χ0v) is 15.1. The van der Waals surface area contributed by atoms with Gasteiger partial charge in [-0.2, -0.15) is 0 Å². The first kappa shape index (κ1) is 17.6. The number of hydrogen-bond donors (Lipinski definition) is 1. The summed E-state index contributed by atoms with van der Waals surface area (Å²) < 4.78 is 11.2. The number of ether oxygens (including phenoxy) is 2. The van der Waals surface area contributed by atoms with Crippen molar-refractivity contribution in [1.82, 2.24) is 10.2 Å². The van der Waals surface area contributed by atoms with Crippen molar-refractivity contribution in [3.63, 3.8) is 0 Å². The van der Waals surface area contributed by atoms with Crippen molar-refractivity contribution in [2.45, 2.75) is 33.2 Å². The summed E-state index contributed by atoms with van der Waals surface area (Å²) in [6.45, 7) is 8.32. The molecule has 3 rings (SSSR count). The van der Waals surface area contributed by atoms with Crippen molar-refractivity contribution in [2.75, 3.05) is 26.3 Å². The third kappa shape index (κ3) is 3.72. The molecule has 2 unspecified atom stereocenters. The molecule has 0 bridgehead atoms. The molecule has 0 aliphatic carbocycles. The number of carbonyl (C=O) groups excluding carboxylic acids is 2. The molecule has 1 N–H and O–H groups in total. The molecule has 6 nitrogen and oxygen atoms in total. The molecular weight excluding hydrogens is 320 g/mol. The van der Waals surface area contributed by atoms with E-state index in [0.717, 1.165) is 17.1 Å². The Morgan fingerprint density at radius 3 is 2.64 bits per heavy atom. The highest BCUT2D eigenvalue weighted by Gasteiger charge is 2.34. The Kier molecular flexibility index (Phi) is 5.16. The van der Waals surface area contributed by atoms with Crippen LogP contribution in [0.4, 0.5) is 0 Å². The van der Waals surface area contributed by atoms with Gasteiger partial charge < -0.3 is 19.7 Å². The van der Waals surface area contributed by atoms with Crippen LogP contribution in [0, 0.1) is 11.8 Å². The van der Waals surface area contributed by atoms with E-state index in [1.165, 1.54) is 0 Å². The first-order chi connectivity index (χ1) is 12.0. The quantitative estimate of drug-likeness (QED) is 0.887. The van der Waals surface area contributed by atoms with Crippen LogP contribution >= 0.6 is 0 Å². The Morgan fingerprint density at radius 2 is 2.00 bits per heavy atom. The van der Waals surface area contributed by atoms with Gasteiger partial charge in [0, 0.05) is 19.5 Å². The summed E-state index contributed by atoms with van der Waals surface area (Å²) in [5.74, 6) is 1.40. The number of likely N-dealkylation sites (tertiary alicyclic amines) is 1. The number of rotatable bonds is 5. The van der Waals surface area contributed by atoms with E-state index in [0.29, 0.717) is 32.7 Å². The number of nitrogens with one attached hydrogen (secondary N) is 1. The first-order valence-corrected chi connectivity index (χ1v) is 8.97. The fourth-order valence-corrected chi connectivity index (χ4v) is 3.41. The van der Waals surface area contributed by atoms with E-state index in [9.17, 15) is 9.59 Å². The number of benzene rings is 1. The van der Waals surface area contributed by atoms with Crippen LogP contribution < -0.4 is 14.8 Å². The maximum Gasteiger partial charge on any atom is 0.225 e. The van der Waals surface area contributed by atoms with Gasteiger partial charge in [0.05, 0.1) is 12.0 Å². The van der Waals surface area contributed by atoms with E-state index in [2.05, 4.69) is 19.2 Å². The SMILES string of the molecule is CCN1CC(C(=O)NC(c2ccc3c(c2)OCCO3)C(C)C)CC1=O. The van der Waals surface area contributed by atoms with Crippen molar-refractivity contribution in [3.8, 4) is 11.5 Å². The van der Waals surface area contributed by atoms with Gasteiger partial charge in [-0.1, -0.05) is 19.9 Å². The minimum atomic E-state index is -0.272. The van der Waals surface area contributed by atoms with Gasteiger partial charge in [0.1, 0.15) is 13.2 Å². The van der Waals surface area contributed by atoms with Gasteiger partial charge in [0.15, 0.2) is 11.5 Å². The van der Waals surface area contributed by atoms with Gasteiger partial charge in [-0.3, -0.25) is 9.59 Å². The number of carbonyl (C=O) groups is 2. The Bertz CT molecular complexity index is 659. The molecule has 0 radical (unpaired) electrons. The molecule has 0 spiro atoms. The predicted molar refractivity (Wildman–Crippen MR) is 93.5 cm³/mol. The number of amides is 2. The molecule has 136 valence electrons. The van der Waals surface area contributed by atoms with Gasteiger partial charge in [-0.25, -0.2) is 0 Å². The lowest BCUT2D eigenvalue weighted by molar-refractivity contribution is -0.129. The topological polar surface area (TPSA) is 67.9 Å². The minimum Gasteiger partial charge on any atom is -0.486 e. The van der Waals surface area contributed by atoms with Crippen LogP contribution in [0.3, 0.4) is 0 Å². The summed E-state index contributed by atoms with van der Waals surface area (Å²) in [4.78, 5) is 26.3. The third-order valence-corrected chi connectivity index (χ3v) is 4.86. The fourth-order valence-electron chi connectivity index (χ4n) is 3.41. The molecule has 2 heterocycles. The second-order valence-electron chi connectivity index (χ2n) is 6.97. The molecule has 1 fully saturated rings. The van der Waals surface area contributed by atoms with E-state index < -0.39 is 0 Å². The molecule has 2 aliphatic rings. The molecular formula is C19H26N2O4. The van der Waals surface area contributed by atoms with Crippen LogP contribution in [0.5, 0.6) is 11.5 Å². The fraction of sp³-hybridized carbons (Fsp3) is 0.579. The molecule has 0 aromatic heterocycles. The summed E-state index contributed by atoms with van der Waals surface area (Å²) in [5.41, 5.74) is 0.990. The standard InChI is InChI=1S/C19H26N2O4/c1-4-21-11-14(10-17(21)22)19(23)20-18(12(2)3)13-5-6-15-16(9-13)25-8-7-24-15/h5-6,9,12,14,18H,4,7-8,10-11H2,1-3H3,(H,20,23). The van der Waals surface area contributed by atoms with Crippen molar-refractivity contribution in [3.05, 3.63) is 23.8 Å². The van der Waals surface area contributed by atoms with E-state index in [1.807, 2.05) is 25.1 Å². The maximum atomic E-state index is 12.7. The van der Waals surface area contributed by atoms with Crippen molar-refractivity contribution >= 4 is 11.8 Å². The Morgan fingerprint density at radius 1 is 1.28 bits per heavy atom. The summed E-state index contributed by atoms with van der Waals surface area (Å²) >= 11 is 0. The average molecular weight is 346 g/mol. The molecule has 2 atom stereocenters. The van der Waals surface area contributed by atoms with Gasteiger partial charge in [-0.05, 0) is 30.5 Å². The summed E-state index contributed by atoms with van der Waals surface area (Å²) in [7, 11) is 0. The monoisotopic (exact) mass is 346 g/mol. The number of hydrogen-bond acceptors (Lipinski definition) is 4. The van der Waals surface area contributed by atoms with E-state index in [4.69, 9.17) is 9.47 Å². The van der Waals surface area contributed by atoms with Crippen LogP contribution in [0.25, 0.3) is 0 Å². The zero-order valence-electron chi connectivity index (χ0n) is 15.1. The van der Waals surface area contributed by atoms with Crippen molar-refractivity contribution in [2.24, 2.45) is 11.8 Å². The Labute approximate surface area is 148 Å². The molecule has 1 aromatic carbocycles. The van der Waals surface area contributed by atoms with Gasteiger partial charge >= 0.3 is 0 Å². The third-order valence-electron chi connectivity index (χ3n) is 4.86. The summed E-state index contributed by atoms with van der Waals surface area (Å²) in [6, 6.07) is 5.67. The number of nitrogens with zero attached hydrogens (tertiary/aromatic N) is 1. The molecule has 2 amide bonds. The lowest BCUT2D eigenvalue weighted by atomic mass is 9.94. The van der Waals surface area contributed by atoms with E-state index >= 15 is 0 Å². The second kappa shape index (κ2) is 7.33. The van der Waals surface area contributed by atoms with Crippen LogP contribution in [0.1, 0.15) is 38.8 Å². The lowest BCUT2D eigenvalue weighted by Crippen LogP contribution is -2.37. The van der Waals surface area contributed by atoms with Gasteiger partial charge in [0.2, 0.25) is 11.8 Å². The normalized spacial score (nSPS) is 20.7. The highest BCUT2D eigenvalue weighted by molar-refractivity contribution is 5.89. The highest BCUT2D eigenvalue weighted by Crippen LogP contribution is 2.34. The van der Waals surface area contributed by atoms with Crippen molar-refractivity contribution in [1.29, 1.82) is 0 Å². The summed E-state index contributed by atoms with van der Waals surface area (Å²) in [5, 5.41) is 3.13. The minimum absolute atomic E-state index is 0.0575. The van der Waals surface area contributed by atoms with Crippen LogP contribution in [-0.2, 0) is 9.59 Å². The maximum absolute atomic E-state index is 12.7. The molecule has 6 heteroatoms. The van der Waals surface area contributed by atoms with Gasteiger partial charge in [0.25, 0.3) is 0 Å². The highest BCUT2D eigenvalue weighted by atomic mass is 16.6. The molecule has 1 saturated heterocycles. The Balaban J connectivity index is 1.73. The Hall–Kier alpha value is -2.24. The smallest absolute Gasteiger partial charge is 0.225 e. The predicted octanol–water partition coefficient (Wildman–Crippen LogP) is 2.14. The van der Waals surface area contributed by atoms with E-state index in [1.54, 1.807) is 4.90 Å². The van der Waals surface area contributed by atoms with Gasteiger partial charge in [-0.15, -0.1) is 0 Å². The largest absolute Gasteiger partial charge is 0.486 e. The van der Waals surface area contributed by atoms with Crippen LogP contribution in [0.15, 0.2) is 18.2 Å². The number of fused-ring (bicyclic) bond motifs is 1. The first-order valence-electron chi connectivity index (χ1n) is 8.97. The summed E-state index contributed by atoms with van der Waals surface area (Å²) in [6.07, 6.45) is 0.297. The molecule has 1 aromatic rings. The molecule has 2 aliphatic heterocycles.